The van der Waals surface area contributed by atoms with E-state index in [4.69, 9.17) is 14.2 Å². The Hall–Kier alpha value is -3.93. The molecule has 83 heavy (non-hydrogen) atoms. The topological polar surface area (TPSA) is 78.9 Å². The summed E-state index contributed by atoms with van der Waals surface area (Å²) < 4.78 is 17.0. The van der Waals surface area contributed by atoms with Crippen LogP contribution >= 0.6 is 0 Å². The summed E-state index contributed by atoms with van der Waals surface area (Å²) in [4.78, 5) is 38.4. The maximum atomic E-state index is 13.0. The van der Waals surface area contributed by atoms with Gasteiger partial charge in [-0.1, -0.05) is 323 Å². The molecule has 1 unspecified atom stereocenters. The molecule has 0 fully saturated rings. The van der Waals surface area contributed by atoms with Crippen molar-refractivity contribution in [2.24, 2.45) is 0 Å². The molecule has 0 N–H and O–H groups in total. The third kappa shape index (κ3) is 68.7. The number of unbranched alkanes of at least 4 members (excludes halogenated alkanes) is 35. The number of carbonyl (C=O) groups is 3. The summed E-state index contributed by atoms with van der Waals surface area (Å²) in [6.07, 6.45) is 96.8. The maximum absolute atomic E-state index is 13.0. The van der Waals surface area contributed by atoms with E-state index < -0.39 is 6.10 Å². The molecule has 6 heteroatoms. The van der Waals surface area contributed by atoms with Crippen LogP contribution in [-0.2, 0) is 28.6 Å². The molecule has 0 amide bonds. The highest BCUT2D eigenvalue weighted by molar-refractivity contribution is 5.71. The van der Waals surface area contributed by atoms with Gasteiger partial charge in [0.1, 0.15) is 13.2 Å². The van der Waals surface area contributed by atoms with Gasteiger partial charge in [0.05, 0.1) is 0 Å². The van der Waals surface area contributed by atoms with Crippen molar-refractivity contribution in [1.82, 2.24) is 0 Å². The number of allylic oxidation sites excluding steroid dienone is 18. The Bertz CT molecular complexity index is 1660. The summed E-state index contributed by atoms with van der Waals surface area (Å²) in [5.74, 6) is -0.921. The fourth-order valence-corrected chi connectivity index (χ4v) is 9.99. The van der Waals surface area contributed by atoms with Crippen molar-refractivity contribution >= 4 is 17.9 Å². The first-order valence-corrected chi connectivity index (χ1v) is 35.4. The molecule has 0 radical (unpaired) electrons. The zero-order valence-corrected chi connectivity index (χ0v) is 54.7. The van der Waals surface area contributed by atoms with Crippen LogP contribution in [0.5, 0.6) is 0 Å². The van der Waals surface area contributed by atoms with E-state index in [1.165, 1.54) is 193 Å². The maximum Gasteiger partial charge on any atom is 0.306 e. The van der Waals surface area contributed by atoms with Crippen LogP contribution in [0.4, 0.5) is 0 Å². The highest BCUT2D eigenvalue weighted by atomic mass is 16.6. The number of rotatable bonds is 64. The summed E-state index contributed by atoms with van der Waals surface area (Å²) in [6, 6.07) is 0. The molecule has 0 aromatic heterocycles. The predicted molar refractivity (Wildman–Crippen MR) is 362 cm³/mol. The van der Waals surface area contributed by atoms with Crippen LogP contribution in [0.1, 0.15) is 342 Å². The molecule has 476 valence electrons. The molecule has 0 spiro atoms. The summed E-state index contributed by atoms with van der Waals surface area (Å²) in [6.45, 7) is 6.53. The van der Waals surface area contributed by atoms with E-state index in [2.05, 4.69) is 130 Å². The average molecular weight is 1150 g/mol. The van der Waals surface area contributed by atoms with Crippen molar-refractivity contribution in [1.29, 1.82) is 0 Å². The average Bonchev–Trinajstić information content (AvgIpc) is 3.49. The first kappa shape index (κ1) is 79.1. The lowest BCUT2D eigenvalue weighted by molar-refractivity contribution is -0.167. The van der Waals surface area contributed by atoms with Gasteiger partial charge < -0.3 is 14.2 Å². The fraction of sp³-hybridized carbons (Fsp3) is 0.727. The van der Waals surface area contributed by atoms with Gasteiger partial charge in [-0.05, 0) is 109 Å². The van der Waals surface area contributed by atoms with Crippen LogP contribution in [-0.4, -0.2) is 37.2 Å². The summed E-state index contributed by atoms with van der Waals surface area (Å²) in [5.41, 5.74) is 0. The van der Waals surface area contributed by atoms with E-state index >= 15 is 0 Å². The summed E-state index contributed by atoms with van der Waals surface area (Å²) >= 11 is 0. The largest absolute Gasteiger partial charge is 0.462 e. The lowest BCUT2D eigenvalue weighted by Gasteiger charge is -2.18. The smallest absolute Gasteiger partial charge is 0.306 e. The van der Waals surface area contributed by atoms with Gasteiger partial charge >= 0.3 is 17.9 Å². The van der Waals surface area contributed by atoms with Gasteiger partial charge in [0.2, 0.25) is 0 Å². The van der Waals surface area contributed by atoms with E-state index in [9.17, 15) is 14.4 Å². The van der Waals surface area contributed by atoms with E-state index in [0.717, 1.165) is 109 Å². The van der Waals surface area contributed by atoms with Gasteiger partial charge in [-0.2, -0.15) is 0 Å². The molecule has 0 saturated heterocycles. The second-order valence-electron chi connectivity index (χ2n) is 23.4. The molecule has 0 aliphatic heterocycles. The lowest BCUT2D eigenvalue weighted by Crippen LogP contribution is -2.30. The number of esters is 3. The first-order valence-electron chi connectivity index (χ1n) is 35.4. The number of carbonyl (C=O) groups excluding carboxylic acids is 3. The van der Waals surface area contributed by atoms with Crippen molar-refractivity contribution in [2.75, 3.05) is 13.2 Å². The molecule has 0 saturated carbocycles. The highest BCUT2D eigenvalue weighted by Crippen LogP contribution is 2.17. The predicted octanol–water partition coefficient (Wildman–Crippen LogP) is 24.6. The number of hydrogen-bond donors (Lipinski definition) is 0. The molecular weight excluding hydrogens is 1020 g/mol. The van der Waals surface area contributed by atoms with Gasteiger partial charge in [0.15, 0.2) is 6.10 Å². The third-order valence-electron chi connectivity index (χ3n) is 15.3. The molecule has 0 aromatic rings. The van der Waals surface area contributed by atoms with Gasteiger partial charge in [0.25, 0.3) is 0 Å². The summed E-state index contributed by atoms with van der Waals surface area (Å²) in [7, 11) is 0. The van der Waals surface area contributed by atoms with Crippen molar-refractivity contribution in [3.8, 4) is 0 Å². The van der Waals surface area contributed by atoms with Crippen LogP contribution in [0.25, 0.3) is 0 Å². The second kappa shape index (κ2) is 70.6. The van der Waals surface area contributed by atoms with Gasteiger partial charge in [-0.15, -0.1) is 0 Å². The van der Waals surface area contributed by atoms with Crippen LogP contribution in [0, 0.1) is 0 Å². The molecule has 0 heterocycles. The van der Waals surface area contributed by atoms with Crippen LogP contribution in [0.15, 0.2) is 109 Å². The molecule has 0 aliphatic rings. The lowest BCUT2D eigenvalue weighted by atomic mass is 10.0. The molecule has 0 aliphatic carbocycles. The van der Waals surface area contributed by atoms with Gasteiger partial charge in [-0.3, -0.25) is 14.4 Å². The van der Waals surface area contributed by atoms with Gasteiger partial charge in [0, 0.05) is 19.3 Å². The van der Waals surface area contributed by atoms with E-state index in [1.54, 1.807) is 0 Å². The Balaban J connectivity index is 4.42. The third-order valence-corrected chi connectivity index (χ3v) is 15.3. The molecule has 0 bridgehead atoms. The van der Waals surface area contributed by atoms with Crippen LogP contribution in [0.2, 0.25) is 0 Å². The monoisotopic (exact) mass is 1150 g/mol. The molecule has 0 aromatic carbocycles. The minimum atomic E-state index is -0.798. The summed E-state index contributed by atoms with van der Waals surface area (Å²) in [5, 5.41) is 0. The number of ether oxygens (including phenoxy) is 3. The standard InChI is InChI=1S/C77H132O6/c1-4-7-10-13-16-19-22-25-28-30-32-34-36-37-38-39-41-42-44-46-49-52-55-58-61-64-67-70-76(79)82-73-74(72-81-75(78)69-66-63-60-57-54-51-48-27-24-21-18-15-12-9-6-3)83-77(80)71-68-65-62-59-56-53-50-47-45-43-40-35-33-31-29-26-23-20-17-14-11-8-5-2/h7,10,16,19,25,28,31-34,37-38,41-42,46,49,55,58,74H,4-6,8-9,11-15,17-18,20-24,26-27,29-30,35-36,39-40,43-45,47-48,50-54,56-57,59-73H2,1-3H3/b10-7-,19-16-,28-25-,33-31-,34-32-,38-37-,42-41-,49-46-,58-55-. The molecular formula is C77H132O6. The Labute approximate surface area is 514 Å². The van der Waals surface area contributed by atoms with Gasteiger partial charge in [-0.25, -0.2) is 0 Å². The Kier molecular flexibility index (Phi) is 67.2. The Morgan fingerprint density at radius 3 is 0.771 bits per heavy atom. The van der Waals surface area contributed by atoms with Crippen LogP contribution in [0.3, 0.4) is 0 Å². The fourth-order valence-electron chi connectivity index (χ4n) is 9.99. The van der Waals surface area contributed by atoms with Crippen molar-refractivity contribution in [2.45, 2.75) is 348 Å². The Morgan fingerprint density at radius 1 is 0.253 bits per heavy atom. The first-order chi connectivity index (χ1) is 41.0. The van der Waals surface area contributed by atoms with Crippen LogP contribution < -0.4 is 0 Å². The highest BCUT2D eigenvalue weighted by Gasteiger charge is 2.19. The van der Waals surface area contributed by atoms with E-state index in [0.29, 0.717) is 19.3 Å². The zero-order valence-electron chi connectivity index (χ0n) is 54.7. The van der Waals surface area contributed by atoms with Crippen molar-refractivity contribution < 1.29 is 28.6 Å². The number of hydrogen-bond acceptors (Lipinski definition) is 6. The molecule has 0 rings (SSSR count). The minimum Gasteiger partial charge on any atom is -0.462 e. The quantitative estimate of drug-likeness (QED) is 0.0261. The normalized spacial score (nSPS) is 12.8. The zero-order chi connectivity index (χ0) is 59.9. The SMILES string of the molecule is CC/C=C\C/C=C\C/C=C\C/C=C\C/C=C\C/C=C\C/C=C\C/C=C\CCCCC(=O)OCC(COC(=O)CCCCCCCCCCCCCCCCC)OC(=O)CCCCCCCCCCCCC/C=C\CCCCCCCCCC. The molecule has 1 atom stereocenters. The van der Waals surface area contributed by atoms with Crippen molar-refractivity contribution in [3.63, 3.8) is 0 Å². The minimum absolute atomic E-state index is 0.0896. The molecule has 6 nitrogen and oxygen atoms in total. The Morgan fingerprint density at radius 2 is 0.470 bits per heavy atom. The van der Waals surface area contributed by atoms with E-state index in [-0.39, 0.29) is 31.1 Å². The van der Waals surface area contributed by atoms with Crippen molar-refractivity contribution in [3.05, 3.63) is 109 Å². The van der Waals surface area contributed by atoms with E-state index in [1.807, 2.05) is 0 Å². The second-order valence-corrected chi connectivity index (χ2v) is 23.4.